The van der Waals surface area contributed by atoms with Gasteiger partial charge in [0.15, 0.2) is 0 Å². The Hall–Kier alpha value is -0.0400. The maximum atomic E-state index is 4.34. The fourth-order valence-corrected chi connectivity index (χ4v) is 6.08. The number of hydrogen-bond donors (Lipinski definition) is 1. The summed E-state index contributed by atoms with van der Waals surface area (Å²) in [7, 11) is 0. The van der Waals surface area contributed by atoms with E-state index in [9.17, 15) is 0 Å². The van der Waals surface area contributed by atoms with E-state index in [1.165, 1.54) is 19.3 Å². The van der Waals surface area contributed by atoms with Gasteiger partial charge in [0.1, 0.15) is 0 Å². The molecule has 1 heteroatoms. The average Bonchev–Trinajstić information content (AvgIpc) is 2.57. The zero-order chi connectivity index (χ0) is 10.0. The molecule has 0 aromatic carbocycles. The topological polar surface area (TPSA) is 27.6 Å². The van der Waals surface area contributed by atoms with Crippen LogP contribution in [-0.4, -0.2) is 6.04 Å². The first-order valence-electron chi connectivity index (χ1n) is 7.09. The van der Waals surface area contributed by atoms with Crippen LogP contribution in [0.3, 0.4) is 0 Å². The molecule has 5 saturated carbocycles. The smallest absolute Gasteiger partial charge is 0.0849 e. The number of hydrogen-bond acceptors (Lipinski definition) is 0. The summed E-state index contributed by atoms with van der Waals surface area (Å²) < 4.78 is 0. The predicted octanol–water partition coefficient (Wildman–Crippen LogP) is 2.22. The summed E-state index contributed by atoms with van der Waals surface area (Å²) in [6.07, 6.45) is 12.4. The van der Waals surface area contributed by atoms with Crippen molar-refractivity contribution in [1.82, 2.24) is 0 Å². The second kappa shape index (κ2) is 2.80. The van der Waals surface area contributed by atoms with E-state index in [0.717, 1.165) is 35.1 Å². The van der Waals surface area contributed by atoms with E-state index in [2.05, 4.69) is 5.73 Å². The molecular weight excluding hydrogens is 182 g/mol. The first-order valence-corrected chi connectivity index (χ1v) is 7.09. The third-order valence-electron chi connectivity index (χ3n) is 6.45. The zero-order valence-corrected chi connectivity index (χ0v) is 9.75. The quantitative estimate of drug-likeness (QED) is 0.629. The molecule has 0 radical (unpaired) electrons. The fraction of sp³-hybridized carbons (Fsp3) is 1.00. The van der Waals surface area contributed by atoms with Crippen molar-refractivity contribution in [3.05, 3.63) is 0 Å². The van der Waals surface area contributed by atoms with E-state index in [1.54, 1.807) is 32.1 Å². The molecule has 84 valence electrons. The zero-order valence-electron chi connectivity index (χ0n) is 9.75. The normalized spacial score (nSPS) is 61.8. The summed E-state index contributed by atoms with van der Waals surface area (Å²) in [6, 6.07) is 0.794. The second-order valence-electron chi connectivity index (χ2n) is 7.15. The molecule has 0 amide bonds. The highest BCUT2D eigenvalue weighted by Gasteiger charge is 2.59. The van der Waals surface area contributed by atoms with Gasteiger partial charge in [-0.1, -0.05) is 0 Å². The Balaban J connectivity index is 1.70. The Labute approximate surface area is 92.8 Å². The van der Waals surface area contributed by atoms with Crippen LogP contribution in [0.5, 0.6) is 0 Å². The molecule has 5 fully saturated rings. The monoisotopic (exact) mass is 206 g/mol. The maximum Gasteiger partial charge on any atom is 0.0849 e. The molecular formula is C14H24N+. The Kier molecular flexibility index (Phi) is 1.68. The molecule has 5 rings (SSSR count). The van der Waals surface area contributed by atoms with E-state index in [1.807, 2.05) is 0 Å². The summed E-state index contributed by atoms with van der Waals surface area (Å²) in [5.41, 5.74) is 5.15. The summed E-state index contributed by atoms with van der Waals surface area (Å²) in [4.78, 5) is 0. The van der Waals surface area contributed by atoms with Gasteiger partial charge in [0, 0.05) is 6.42 Å². The van der Waals surface area contributed by atoms with Crippen molar-refractivity contribution in [3.8, 4) is 0 Å². The van der Waals surface area contributed by atoms with E-state index in [4.69, 9.17) is 0 Å². The summed E-state index contributed by atoms with van der Waals surface area (Å²) in [6.45, 7) is 0. The Morgan fingerprint density at radius 2 is 1.47 bits per heavy atom. The van der Waals surface area contributed by atoms with Gasteiger partial charge in [0.05, 0.1) is 6.04 Å². The highest BCUT2D eigenvalue weighted by molar-refractivity contribution is 5.08. The largest absolute Gasteiger partial charge is 0.355 e. The molecule has 5 aliphatic rings. The highest BCUT2D eigenvalue weighted by atomic mass is 14.7. The number of rotatable bonds is 0. The molecule has 0 heterocycles. The van der Waals surface area contributed by atoms with E-state index < -0.39 is 0 Å². The van der Waals surface area contributed by atoms with Gasteiger partial charge >= 0.3 is 0 Å². The van der Waals surface area contributed by atoms with Crippen LogP contribution in [0.2, 0.25) is 0 Å². The predicted molar refractivity (Wildman–Crippen MR) is 60.0 cm³/mol. The Bertz CT molecular complexity index is 255. The van der Waals surface area contributed by atoms with Gasteiger partial charge in [0.2, 0.25) is 0 Å². The first kappa shape index (κ1) is 9.04. The molecule has 1 spiro atoms. The van der Waals surface area contributed by atoms with Crippen molar-refractivity contribution in [2.24, 2.45) is 29.1 Å². The Morgan fingerprint density at radius 1 is 0.867 bits per heavy atom. The fourth-order valence-electron chi connectivity index (χ4n) is 6.08. The third-order valence-corrected chi connectivity index (χ3v) is 6.45. The van der Waals surface area contributed by atoms with E-state index in [0.29, 0.717) is 0 Å². The van der Waals surface area contributed by atoms with Crippen LogP contribution in [0.25, 0.3) is 0 Å². The van der Waals surface area contributed by atoms with Crippen molar-refractivity contribution in [3.63, 3.8) is 0 Å². The van der Waals surface area contributed by atoms with E-state index >= 15 is 0 Å². The minimum Gasteiger partial charge on any atom is -0.355 e. The molecule has 1 nitrogen and oxygen atoms in total. The lowest BCUT2D eigenvalue weighted by Gasteiger charge is -2.60. The first-order chi connectivity index (χ1) is 7.26. The van der Waals surface area contributed by atoms with Crippen LogP contribution in [-0.2, 0) is 0 Å². The van der Waals surface area contributed by atoms with Crippen molar-refractivity contribution in [2.75, 3.05) is 0 Å². The lowest BCUT2D eigenvalue weighted by Crippen LogP contribution is -2.61. The number of quaternary nitrogens is 1. The molecule has 1 atom stereocenters. The van der Waals surface area contributed by atoms with Crippen molar-refractivity contribution in [2.45, 2.75) is 57.4 Å². The molecule has 3 N–H and O–H groups in total. The van der Waals surface area contributed by atoms with Crippen LogP contribution in [0.4, 0.5) is 0 Å². The molecule has 0 saturated heterocycles. The Morgan fingerprint density at radius 3 is 1.93 bits per heavy atom. The molecule has 15 heavy (non-hydrogen) atoms. The van der Waals surface area contributed by atoms with Crippen molar-refractivity contribution >= 4 is 0 Å². The van der Waals surface area contributed by atoms with Crippen LogP contribution in [0.15, 0.2) is 0 Å². The molecule has 1 unspecified atom stereocenters. The maximum absolute atomic E-state index is 4.34. The van der Waals surface area contributed by atoms with Crippen LogP contribution in [0.1, 0.15) is 51.4 Å². The minimum atomic E-state index is 0.794. The van der Waals surface area contributed by atoms with Crippen LogP contribution >= 0.6 is 0 Å². The third kappa shape index (κ3) is 1.08. The van der Waals surface area contributed by atoms with Gasteiger partial charge in [-0.25, -0.2) is 0 Å². The van der Waals surface area contributed by atoms with Gasteiger partial charge in [-0.15, -0.1) is 0 Å². The lowest BCUT2D eigenvalue weighted by atomic mass is 9.45. The van der Waals surface area contributed by atoms with Gasteiger partial charge in [0.25, 0.3) is 0 Å². The summed E-state index contributed by atoms with van der Waals surface area (Å²) in [5, 5.41) is 0. The molecule has 0 aromatic heterocycles. The van der Waals surface area contributed by atoms with Gasteiger partial charge in [-0.05, 0) is 74.0 Å². The molecule has 0 aromatic rings. The van der Waals surface area contributed by atoms with Gasteiger partial charge in [-0.2, -0.15) is 0 Å². The standard InChI is InChI=1S/C14H23N/c15-13-1-2-14(8-13)11-4-9-3-10(6-11)7-12(14)5-9/h9-13H,1-8,15H2/p+1. The van der Waals surface area contributed by atoms with Crippen LogP contribution < -0.4 is 5.73 Å². The van der Waals surface area contributed by atoms with Gasteiger partial charge < -0.3 is 5.73 Å². The summed E-state index contributed by atoms with van der Waals surface area (Å²) in [5.74, 6) is 4.53. The van der Waals surface area contributed by atoms with E-state index in [-0.39, 0.29) is 0 Å². The van der Waals surface area contributed by atoms with Crippen LogP contribution in [0, 0.1) is 29.1 Å². The molecule has 4 bridgehead atoms. The SMILES string of the molecule is [NH3+]C1CCC2(C1)C1CC3CC(C1)CC2C3. The minimum absolute atomic E-state index is 0.794. The lowest BCUT2D eigenvalue weighted by molar-refractivity contribution is -0.420. The second-order valence-corrected chi connectivity index (χ2v) is 7.15. The molecule has 0 aliphatic heterocycles. The summed E-state index contributed by atoms with van der Waals surface area (Å²) >= 11 is 0. The van der Waals surface area contributed by atoms with Crippen molar-refractivity contribution in [1.29, 1.82) is 0 Å². The van der Waals surface area contributed by atoms with Gasteiger partial charge in [-0.3, -0.25) is 0 Å². The molecule has 5 aliphatic carbocycles. The van der Waals surface area contributed by atoms with Crippen molar-refractivity contribution < 1.29 is 5.73 Å². The highest BCUT2D eigenvalue weighted by Crippen LogP contribution is 2.66. The average molecular weight is 206 g/mol.